The zero-order valence-corrected chi connectivity index (χ0v) is 16.7. The summed E-state index contributed by atoms with van der Waals surface area (Å²) in [6.45, 7) is 3.06. The molecule has 1 aliphatic heterocycles. The average molecular weight is 414 g/mol. The number of piperidine rings is 1. The molecule has 1 aromatic heterocycles. The Kier molecular flexibility index (Phi) is 5.94. The van der Waals surface area contributed by atoms with Gasteiger partial charge in [0.15, 0.2) is 0 Å². The molecule has 0 radical (unpaired) electrons. The molecule has 3 rings (SSSR count). The fourth-order valence-corrected chi connectivity index (χ4v) is 5.77. The second-order valence-corrected chi connectivity index (χ2v) is 10.2. The van der Waals surface area contributed by atoms with E-state index in [9.17, 15) is 16.8 Å². The summed E-state index contributed by atoms with van der Waals surface area (Å²) in [5.74, 6) is 0. The average Bonchev–Trinajstić information content (AvgIpc) is 3.15. The summed E-state index contributed by atoms with van der Waals surface area (Å²) >= 11 is 0. The largest absolute Gasteiger partial charge is 0.251 e. The molecular weight excluding hydrogens is 390 g/mol. The highest BCUT2D eigenvalue weighted by Crippen LogP contribution is 2.22. The fourth-order valence-electron chi connectivity index (χ4n) is 3.02. The van der Waals surface area contributed by atoms with Crippen LogP contribution in [0.25, 0.3) is 0 Å². The standard InChI is InChI=1S/C16H23N5O4S2/c1-14(11-20-13-17-12-18-20)19-26(22,23)15-5-7-16(8-6-15)27(24,25)21-9-3-2-4-10-21/h5-8,12-14,19H,2-4,9-11H2,1H3. The minimum absolute atomic E-state index is 0.0190. The van der Waals surface area contributed by atoms with Crippen molar-refractivity contribution in [2.45, 2.75) is 48.6 Å². The van der Waals surface area contributed by atoms with E-state index in [0.29, 0.717) is 19.6 Å². The van der Waals surface area contributed by atoms with Gasteiger partial charge < -0.3 is 0 Å². The van der Waals surface area contributed by atoms with E-state index in [0.717, 1.165) is 19.3 Å². The van der Waals surface area contributed by atoms with E-state index < -0.39 is 26.1 Å². The smallest absolute Gasteiger partial charge is 0.243 e. The quantitative estimate of drug-likeness (QED) is 0.719. The van der Waals surface area contributed by atoms with Gasteiger partial charge in [-0.25, -0.2) is 26.5 Å². The zero-order chi connectivity index (χ0) is 19.5. The first-order chi connectivity index (χ1) is 12.8. The summed E-state index contributed by atoms with van der Waals surface area (Å²) in [7, 11) is -7.35. The summed E-state index contributed by atoms with van der Waals surface area (Å²) in [6, 6.07) is 4.93. The van der Waals surface area contributed by atoms with E-state index in [-0.39, 0.29) is 9.79 Å². The summed E-state index contributed by atoms with van der Waals surface area (Å²) < 4.78 is 55.9. The molecule has 0 aliphatic carbocycles. The lowest BCUT2D eigenvalue weighted by Gasteiger charge is -2.25. The van der Waals surface area contributed by atoms with E-state index in [4.69, 9.17) is 0 Å². The summed E-state index contributed by atoms with van der Waals surface area (Å²) in [5, 5.41) is 3.94. The molecule has 2 aromatic rings. The Balaban J connectivity index is 1.71. The molecule has 1 aromatic carbocycles. The minimum Gasteiger partial charge on any atom is -0.251 e. The molecule has 27 heavy (non-hydrogen) atoms. The van der Waals surface area contributed by atoms with Gasteiger partial charge in [-0.05, 0) is 44.0 Å². The van der Waals surface area contributed by atoms with E-state index in [2.05, 4.69) is 14.8 Å². The third-order valence-electron chi connectivity index (χ3n) is 4.37. The van der Waals surface area contributed by atoms with Gasteiger partial charge in [0.1, 0.15) is 12.7 Å². The van der Waals surface area contributed by atoms with Gasteiger partial charge in [0.05, 0.1) is 16.3 Å². The Labute approximate surface area is 159 Å². The maximum atomic E-state index is 12.6. The molecule has 9 nitrogen and oxygen atoms in total. The predicted octanol–water partition coefficient (Wildman–Crippen LogP) is 0.820. The summed E-state index contributed by atoms with van der Waals surface area (Å²) in [6.07, 6.45) is 5.61. The Hall–Kier alpha value is -1.82. The number of aromatic nitrogens is 3. The Morgan fingerprint density at radius 3 is 2.26 bits per heavy atom. The minimum atomic E-state index is -3.77. The maximum Gasteiger partial charge on any atom is 0.243 e. The van der Waals surface area contributed by atoms with Crippen LogP contribution in [0.5, 0.6) is 0 Å². The SMILES string of the molecule is CC(Cn1cncn1)NS(=O)(=O)c1ccc(S(=O)(=O)N2CCCCC2)cc1. The number of hydrogen-bond acceptors (Lipinski definition) is 6. The number of hydrogen-bond donors (Lipinski definition) is 1. The summed E-state index contributed by atoms with van der Waals surface area (Å²) in [4.78, 5) is 3.94. The Morgan fingerprint density at radius 1 is 1.04 bits per heavy atom. The molecular formula is C16H23N5O4S2. The summed E-state index contributed by atoms with van der Waals surface area (Å²) in [5.41, 5.74) is 0. The lowest BCUT2D eigenvalue weighted by molar-refractivity contribution is 0.346. The van der Waals surface area contributed by atoms with Crippen molar-refractivity contribution in [3.05, 3.63) is 36.9 Å². The van der Waals surface area contributed by atoms with Crippen LogP contribution in [0, 0.1) is 0 Å². The molecule has 0 saturated carbocycles. The van der Waals surface area contributed by atoms with Gasteiger partial charge in [-0.3, -0.25) is 4.68 Å². The van der Waals surface area contributed by atoms with E-state index >= 15 is 0 Å². The lowest BCUT2D eigenvalue weighted by Crippen LogP contribution is -2.36. The first kappa shape index (κ1) is 19.9. The highest BCUT2D eigenvalue weighted by atomic mass is 32.2. The molecule has 1 unspecified atom stereocenters. The molecule has 1 aliphatic rings. The molecule has 0 spiro atoms. The first-order valence-corrected chi connectivity index (χ1v) is 11.7. The third kappa shape index (κ3) is 4.72. The van der Waals surface area contributed by atoms with Gasteiger partial charge in [0.2, 0.25) is 20.0 Å². The third-order valence-corrected chi connectivity index (χ3v) is 7.89. The lowest BCUT2D eigenvalue weighted by atomic mass is 10.2. The van der Waals surface area contributed by atoms with E-state index in [1.807, 2.05) is 0 Å². The van der Waals surface area contributed by atoms with Crippen LogP contribution in [0.3, 0.4) is 0 Å². The van der Waals surface area contributed by atoms with Gasteiger partial charge in [-0.1, -0.05) is 6.42 Å². The van der Waals surface area contributed by atoms with Crippen LogP contribution in [0.15, 0.2) is 46.7 Å². The topological polar surface area (TPSA) is 114 Å². The van der Waals surface area contributed by atoms with Gasteiger partial charge in [0, 0.05) is 19.1 Å². The van der Waals surface area contributed by atoms with Crippen molar-refractivity contribution in [1.29, 1.82) is 0 Å². The second kappa shape index (κ2) is 8.05. The fraction of sp³-hybridized carbons (Fsp3) is 0.500. The number of benzene rings is 1. The van der Waals surface area contributed by atoms with E-state index in [1.54, 1.807) is 6.92 Å². The monoisotopic (exact) mass is 413 g/mol. The number of nitrogens with one attached hydrogen (secondary N) is 1. The predicted molar refractivity (Wildman–Crippen MR) is 98.9 cm³/mol. The van der Waals surface area contributed by atoms with Crippen LogP contribution < -0.4 is 4.72 Å². The van der Waals surface area contributed by atoms with Crippen LogP contribution in [0.2, 0.25) is 0 Å². The number of sulfonamides is 2. The van der Waals surface area contributed by atoms with Crippen LogP contribution in [0.4, 0.5) is 0 Å². The van der Waals surface area contributed by atoms with Gasteiger partial charge in [-0.2, -0.15) is 9.40 Å². The normalized spacial score (nSPS) is 17.7. The molecule has 0 amide bonds. The van der Waals surface area contributed by atoms with Crippen molar-refractivity contribution in [3.8, 4) is 0 Å². The van der Waals surface area contributed by atoms with Crippen LogP contribution >= 0.6 is 0 Å². The van der Waals surface area contributed by atoms with Crippen LogP contribution in [0.1, 0.15) is 26.2 Å². The molecule has 1 atom stereocenters. The zero-order valence-electron chi connectivity index (χ0n) is 15.0. The molecule has 1 saturated heterocycles. The van der Waals surface area contributed by atoms with Crippen molar-refractivity contribution in [2.75, 3.05) is 13.1 Å². The highest BCUT2D eigenvalue weighted by molar-refractivity contribution is 7.89. The molecule has 0 bridgehead atoms. The van der Waals surface area contributed by atoms with Gasteiger partial charge in [0.25, 0.3) is 0 Å². The highest BCUT2D eigenvalue weighted by Gasteiger charge is 2.26. The van der Waals surface area contributed by atoms with Crippen molar-refractivity contribution in [3.63, 3.8) is 0 Å². The molecule has 1 N–H and O–H groups in total. The van der Waals surface area contributed by atoms with Crippen molar-refractivity contribution < 1.29 is 16.8 Å². The number of rotatable bonds is 7. The molecule has 2 heterocycles. The van der Waals surface area contributed by atoms with Gasteiger partial charge >= 0.3 is 0 Å². The van der Waals surface area contributed by atoms with Crippen molar-refractivity contribution >= 4 is 20.0 Å². The Morgan fingerprint density at radius 2 is 1.67 bits per heavy atom. The molecule has 148 valence electrons. The van der Waals surface area contributed by atoms with Crippen molar-refractivity contribution in [1.82, 2.24) is 23.8 Å². The maximum absolute atomic E-state index is 12.6. The van der Waals surface area contributed by atoms with Crippen LogP contribution in [-0.4, -0.2) is 55.0 Å². The van der Waals surface area contributed by atoms with Crippen LogP contribution in [-0.2, 0) is 26.6 Å². The van der Waals surface area contributed by atoms with Crippen molar-refractivity contribution in [2.24, 2.45) is 0 Å². The number of nitrogens with zero attached hydrogens (tertiary/aromatic N) is 4. The van der Waals surface area contributed by atoms with Gasteiger partial charge in [-0.15, -0.1) is 0 Å². The molecule has 1 fully saturated rings. The second-order valence-electron chi connectivity index (χ2n) is 6.58. The first-order valence-electron chi connectivity index (χ1n) is 8.74. The Bertz CT molecular complexity index is 951. The molecule has 11 heteroatoms. The van der Waals surface area contributed by atoms with E-state index in [1.165, 1.54) is 45.9 Å².